The highest BCUT2D eigenvalue weighted by Crippen LogP contribution is 2.27. The maximum atomic E-state index is 12.1. The lowest BCUT2D eigenvalue weighted by Crippen LogP contribution is -2.14. The topological polar surface area (TPSA) is 44.9 Å². The Balaban J connectivity index is 2.29. The van der Waals surface area contributed by atoms with Crippen molar-refractivity contribution in [1.29, 1.82) is 0 Å². The first-order valence-corrected chi connectivity index (χ1v) is 7.05. The summed E-state index contributed by atoms with van der Waals surface area (Å²) in [7, 11) is 0. The molecule has 1 amide bonds. The predicted octanol–water partition coefficient (Wildman–Crippen LogP) is 4.95. The van der Waals surface area contributed by atoms with Gasteiger partial charge in [-0.25, -0.2) is 0 Å². The Morgan fingerprint density at radius 3 is 2.26 bits per heavy atom. The third kappa shape index (κ3) is 3.14. The van der Waals surface area contributed by atoms with Gasteiger partial charge in [0.15, 0.2) is 0 Å². The van der Waals surface area contributed by atoms with E-state index in [9.17, 15) is 4.79 Å². The van der Waals surface area contributed by atoms with Gasteiger partial charge < -0.3 is 10.3 Å². The Morgan fingerprint density at radius 2 is 1.79 bits per heavy atom. The van der Waals surface area contributed by atoms with Crippen LogP contribution in [0.5, 0.6) is 0 Å². The number of benzene rings is 1. The largest absolute Gasteiger partial charge is 0.340 e. The first-order chi connectivity index (χ1) is 8.88. The normalized spacial score (nSPS) is 10.6. The van der Waals surface area contributed by atoms with Crippen LogP contribution >= 0.6 is 39.1 Å². The minimum atomic E-state index is -0.276. The number of anilines is 1. The van der Waals surface area contributed by atoms with E-state index in [1.54, 1.807) is 0 Å². The van der Waals surface area contributed by atoms with Crippen LogP contribution in [-0.4, -0.2) is 10.9 Å². The van der Waals surface area contributed by atoms with Crippen LogP contribution in [0.25, 0.3) is 0 Å². The summed E-state index contributed by atoms with van der Waals surface area (Å²) in [6.07, 6.45) is 0. The van der Waals surface area contributed by atoms with Crippen molar-refractivity contribution in [3.05, 3.63) is 49.7 Å². The molecule has 0 bridgehead atoms. The molecule has 2 rings (SSSR count). The Labute approximate surface area is 129 Å². The summed E-state index contributed by atoms with van der Waals surface area (Å²) in [4.78, 5) is 14.8. The van der Waals surface area contributed by atoms with Crippen LogP contribution in [0, 0.1) is 13.8 Å². The molecule has 0 unspecified atom stereocenters. The third-order valence-corrected chi connectivity index (χ3v) is 3.86. The first kappa shape index (κ1) is 14.4. The fourth-order valence-electron chi connectivity index (χ4n) is 1.82. The number of hydrogen-bond donors (Lipinski definition) is 2. The smallest absolute Gasteiger partial charge is 0.272 e. The predicted molar refractivity (Wildman–Crippen MR) is 82.4 cm³/mol. The number of aromatic amines is 1. The second kappa shape index (κ2) is 5.57. The van der Waals surface area contributed by atoms with Crippen molar-refractivity contribution < 1.29 is 4.79 Å². The summed E-state index contributed by atoms with van der Waals surface area (Å²) in [5.74, 6) is -0.276. The van der Waals surface area contributed by atoms with Crippen LogP contribution < -0.4 is 5.32 Å². The van der Waals surface area contributed by atoms with Crippen LogP contribution in [-0.2, 0) is 0 Å². The molecule has 2 aromatic rings. The molecular weight excluding hydrogens is 351 g/mol. The molecule has 0 aliphatic heterocycles. The van der Waals surface area contributed by atoms with E-state index in [0.29, 0.717) is 10.7 Å². The molecule has 0 saturated carbocycles. The van der Waals surface area contributed by atoms with Crippen molar-refractivity contribution in [2.45, 2.75) is 13.8 Å². The number of H-pyrrole nitrogens is 1. The molecule has 0 spiro atoms. The number of amides is 1. The molecule has 3 nitrogen and oxygen atoms in total. The number of aryl methyl sites for hydroxylation is 2. The van der Waals surface area contributed by atoms with Gasteiger partial charge in [-0.2, -0.15) is 0 Å². The molecule has 100 valence electrons. The number of nitrogens with one attached hydrogen (secondary N) is 2. The van der Waals surface area contributed by atoms with Gasteiger partial charge in [0.1, 0.15) is 10.8 Å². The molecule has 0 atom stereocenters. The molecular formula is C13H11BrCl2N2O. The Morgan fingerprint density at radius 1 is 1.21 bits per heavy atom. The van der Waals surface area contributed by atoms with Gasteiger partial charge in [0, 0.05) is 10.2 Å². The minimum absolute atomic E-state index is 0.260. The molecule has 2 N–H and O–H groups in total. The maximum Gasteiger partial charge on any atom is 0.272 e. The van der Waals surface area contributed by atoms with Gasteiger partial charge in [-0.15, -0.1) is 0 Å². The van der Waals surface area contributed by atoms with Gasteiger partial charge in [-0.05, 0) is 43.2 Å². The van der Waals surface area contributed by atoms with Crippen LogP contribution in [0.2, 0.25) is 10.2 Å². The number of halogens is 3. The van der Waals surface area contributed by atoms with E-state index in [0.717, 1.165) is 21.3 Å². The highest BCUT2D eigenvalue weighted by Gasteiger charge is 2.14. The van der Waals surface area contributed by atoms with Crippen LogP contribution in [0.3, 0.4) is 0 Å². The number of hydrogen-bond acceptors (Lipinski definition) is 1. The van der Waals surface area contributed by atoms with Gasteiger partial charge in [0.25, 0.3) is 5.91 Å². The quantitative estimate of drug-likeness (QED) is 0.780. The Hall–Kier alpha value is -0.970. The van der Waals surface area contributed by atoms with Crippen molar-refractivity contribution in [2.75, 3.05) is 5.32 Å². The number of carbonyl (C=O) groups is 1. The van der Waals surface area contributed by atoms with Crippen molar-refractivity contribution in [3.63, 3.8) is 0 Å². The summed E-state index contributed by atoms with van der Waals surface area (Å²) in [6, 6.07) is 5.39. The van der Waals surface area contributed by atoms with Crippen molar-refractivity contribution >= 4 is 50.7 Å². The first-order valence-electron chi connectivity index (χ1n) is 5.50. The summed E-state index contributed by atoms with van der Waals surface area (Å²) in [5.41, 5.74) is 3.07. The van der Waals surface area contributed by atoms with Crippen LogP contribution in [0.1, 0.15) is 21.6 Å². The summed E-state index contributed by atoms with van der Waals surface area (Å²) in [6.45, 7) is 3.87. The van der Waals surface area contributed by atoms with Crippen LogP contribution in [0.4, 0.5) is 5.69 Å². The highest BCUT2D eigenvalue weighted by molar-refractivity contribution is 9.10. The van der Waals surface area contributed by atoms with E-state index >= 15 is 0 Å². The highest BCUT2D eigenvalue weighted by atomic mass is 79.9. The fraction of sp³-hybridized carbons (Fsp3) is 0.154. The molecule has 1 aromatic carbocycles. The molecule has 6 heteroatoms. The van der Waals surface area contributed by atoms with Gasteiger partial charge in [0.2, 0.25) is 0 Å². The zero-order chi connectivity index (χ0) is 14.2. The number of aromatic nitrogens is 1. The molecule has 1 aromatic heterocycles. The van der Waals surface area contributed by atoms with E-state index in [1.165, 1.54) is 6.07 Å². The maximum absolute atomic E-state index is 12.1. The second-order valence-electron chi connectivity index (χ2n) is 4.21. The Bertz CT molecular complexity index is 610. The van der Waals surface area contributed by atoms with Gasteiger partial charge in [-0.1, -0.05) is 39.1 Å². The summed E-state index contributed by atoms with van der Waals surface area (Å²) >= 11 is 15.0. The summed E-state index contributed by atoms with van der Waals surface area (Å²) in [5, 5.41) is 3.44. The van der Waals surface area contributed by atoms with Gasteiger partial charge in [0.05, 0.1) is 5.02 Å². The number of carbonyl (C=O) groups excluding carboxylic acids is 1. The fourth-order valence-corrected chi connectivity index (χ4v) is 2.81. The molecule has 0 saturated heterocycles. The lowest BCUT2D eigenvalue weighted by Gasteiger charge is -2.11. The Kier molecular flexibility index (Phi) is 4.23. The molecule has 19 heavy (non-hydrogen) atoms. The van der Waals surface area contributed by atoms with Crippen molar-refractivity contribution in [3.8, 4) is 0 Å². The monoisotopic (exact) mass is 360 g/mol. The average Bonchev–Trinajstić information content (AvgIpc) is 2.64. The molecule has 0 aliphatic rings. The van der Waals surface area contributed by atoms with Gasteiger partial charge >= 0.3 is 0 Å². The zero-order valence-electron chi connectivity index (χ0n) is 10.3. The number of rotatable bonds is 2. The van der Waals surface area contributed by atoms with Crippen molar-refractivity contribution in [1.82, 2.24) is 4.98 Å². The van der Waals surface area contributed by atoms with Crippen molar-refractivity contribution in [2.24, 2.45) is 0 Å². The van der Waals surface area contributed by atoms with E-state index in [-0.39, 0.29) is 11.1 Å². The third-order valence-electron chi connectivity index (χ3n) is 2.71. The second-order valence-corrected chi connectivity index (χ2v) is 5.91. The molecule has 0 radical (unpaired) electrons. The SMILES string of the molecule is Cc1cc(Br)cc(C)c1NC(=O)c1cc(Cl)c(Cl)[nH]1. The van der Waals surface area contributed by atoms with E-state index in [4.69, 9.17) is 23.2 Å². The van der Waals surface area contributed by atoms with Gasteiger partial charge in [-0.3, -0.25) is 4.79 Å². The standard InChI is InChI=1S/C13H11BrCl2N2O/c1-6-3-8(14)4-7(2)11(6)18-13(19)10-5-9(15)12(16)17-10/h3-5,17H,1-2H3,(H,18,19). The summed E-state index contributed by atoms with van der Waals surface area (Å²) < 4.78 is 0.978. The average molecular weight is 362 g/mol. The lowest BCUT2D eigenvalue weighted by atomic mass is 10.1. The lowest BCUT2D eigenvalue weighted by molar-refractivity contribution is 0.102. The minimum Gasteiger partial charge on any atom is -0.340 e. The molecule has 0 aliphatic carbocycles. The zero-order valence-corrected chi connectivity index (χ0v) is 13.4. The van der Waals surface area contributed by atoms with E-state index in [2.05, 4.69) is 26.2 Å². The van der Waals surface area contributed by atoms with E-state index in [1.807, 2.05) is 26.0 Å². The molecule has 0 fully saturated rings. The van der Waals surface area contributed by atoms with E-state index < -0.39 is 0 Å². The van der Waals surface area contributed by atoms with Crippen LogP contribution in [0.15, 0.2) is 22.7 Å². The molecule has 1 heterocycles.